The van der Waals surface area contributed by atoms with Crippen molar-refractivity contribution in [2.24, 2.45) is 0 Å². The fourth-order valence-electron chi connectivity index (χ4n) is 1.17. The summed E-state index contributed by atoms with van der Waals surface area (Å²) in [4.78, 5) is 8.06. The molecule has 0 bridgehead atoms. The fourth-order valence-corrected chi connectivity index (χ4v) is 1.88. The highest BCUT2D eigenvalue weighted by Crippen LogP contribution is 2.28. The molecule has 1 aromatic carbocycles. The van der Waals surface area contributed by atoms with E-state index in [1.807, 2.05) is 18.2 Å². The van der Waals surface area contributed by atoms with E-state index in [-0.39, 0.29) is 0 Å². The van der Waals surface area contributed by atoms with E-state index >= 15 is 0 Å². The van der Waals surface area contributed by atoms with Gasteiger partial charge in [0.25, 0.3) is 0 Å². The number of aromatic nitrogens is 2. The largest absolute Gasteiger partial charge is 0.382 e. The van der Waals surface area contributed by atoms with Crippen LogP contribution in [0.25, 0.3) is 0 Å². The predicted octanol–water partition coefficient (Wildman–Crippen LogP) is 3.33. The average Bonchev–Trinajstić information content (AvgIpc) is 2.24. The third kappa shape index (κ3) is 2.70. The summed E-state index contributed by atoms with van der Waals surface area (Å²) in [7, 11) is 0. The van der Waals surface area contributed by atoms with Gasteiger partial charge in [0.1, 0.15) is 5.82 Å². The Morgan fingerprint density at radius 3 is 2.75 bits per heavy atom. The maximum absolute atomic E-state index is 5.55. The standard InChI is InChI=1S/C10H8Br2N4/c11-6-1-2-7(12)8(3-6)15-10-5-14-4-9(13)16-10/h1-5H,(H3,13,15,16). The number of halogens is 2. The van der Waals surface area contributed by atoms with E-state index in [9.17, 15) is 0 Å². The van der Waals surface area contributed by atoms with E-state index < -0.39 is 0 Å². The Morgan fingerprint density at radius 1 is 1.19 bits per heavy atom. The van der Waals surface area contributed by atoms with Crippen molar-refractivity contribution in [2.75, 3.05) is 11.1 Å². The van der Waals surface area contributed by atoms with Crippen LogP contribution in [0.2, 0.25) is 0 Å². The summed E-state index contributed by atoms with van der Waals surface area (Å²) in [5.41, 5.74) is 6.44. The Balaban J connectivity index is 2.30. The van der Waals surface area contributed by atoms with E-state index in [0.29, 0.717) is 11.6 Å². The van der Waals surface area contributed by atoms with E-state index in [0.717, 1.165) is 14.6 Å². The van der Waals surface area contributed by atoms with Crippen LogP contribution < -0.4 is 11.1 Å². The summed E-state index contributed by atoms with van der Waals surface area (Å²) in [6.07, 6.45) is 3.12. The van der Waals surface area contributed by atoms with Crippen LogP contribution in [0.1, 0.15) is 0 Å². The SMILES string of the molecule is Nc1cncc(Nc2cc(Br)ccc2Br)n1. The second-order valence-electron chi connectivity index (χ2n) is 3.08. The van der Waals surface area contributed by atoms with Gasteiger partial charge < -0.3 is 11.1 Å². The minimum absolute atomic E-state index is 0.385. The van der Waals surface area contributed by atoms with Crippen molar-refractivity contribution in [3.63, 3.8) is 0 Å². The molecular weight excluding hydrogens is 336 g/mol. The van der Waals surface area contributed by atoms with Gasteiger partial charge in [-0.15, -0.1) is 0 Å². The number of nitrogens with zero attached hydrogens (tertiary/aromatic N) is 2. The Morgan fingerprint density at radius 2 is 2.00 bits per heavy atom. The smallest absolute Gasteiger partial charge is 0.151 e. The lowest BCUT2D eigenvalue weighted by Gasteiger charge is -2.08. The fraction of sp³-hybridized carbons (Fsp3) is 0. The van der Waals surface area contributed by atoms with Gasteiger partial charge in [-0.3, -0.25) is 4.98 Å². The molecule has 0 saturated carbocycles. The number of benzene rings is 1. The first-order valence-electron chi connectivity index (χ1n) is 4.45. The Hall–Kier alpha value is -1.14. The molecule has 0 aliphatic carbocycles. The molecule has 0 amide bonds. The van der Waals surface area contributed by atoms with Gasteiger partial charge in [-0.1, -0.05) is 15.9 Å². The Bertz CT molecular complexity index is 516. The summed E-state index contributed by atoms with van der Waals surface area (Å²) in [5, 5.41) is 3.12. The first-order valence-corrected chi connectivity index (χ1v) is 6.03. The van der Waals surface area contributed by atoms with Crippen LogP contribution in [-0.4, -0.2) is 9.97 Å². The lowest BCUT2D eigenvalue weighted by atomic mass is 10.3. The van der Waals surface area contributed by atoms with Gasteiger partial charge in [0, 0.05) is 8.95 Å². The highest BCUT2D eigenvalue weighted by Gasteiger charge is 2.02. The number of nitrogens with one attached hydrogen (secondary N) is 1. The number of hydrogen-bond acceptors (Lipinski definition) is 4. The Kier molecular flexibility index (Phi) is 3.40. The monoisotopic (exact) mass is 342 g/mol. The molecule has 0 saturated heterocycles. The molecule has 0 radical (unpaired) electrons. The normalized spacial score (nSPS) is 10.1. The first-order chi connectivity index (χ1) is 7.65. The quantitative estimate of drug-likeness (QED) is 0.877. The molecule has 0 spiro atoms. The molecular formula is C10H8Br2N4. The van der Waals surface area contributed by atoms with E-state index in [1.54, 1.807) is 6.20 Å². The van der Waals surface area contributed by atoms with Crippen molar-refractivity contribution >= 4 is 49.2 Å². The lowest BCUT2D eigenvalue weighted by molar-refractivity contribution is 1.21. The molecule has 2 rings (SSSR count). The van der Waals surface area contributed by atoms with Crippen LogP contribution >= 0.6 is 31.9 Å². The maximum Gasteiger partial charge on any atom is 0.151 e. The van der Waals surface area contributed by atoms with Crippen molar-refractivity contribution in [3.05, 3.63) is 39.5 Å². The molecule has 2 aromatic rings. The van der Waals surface area contributed by atoms with Gasteiger partial charge in [0.2, 0.25) is 0 Å². The van der Waals surface area contributed by atoms with Crippen LogP contribution in [0.4, 0.5) is 17.3 Å². The topological polar surface area (TPSA) is 63.8 Å². The zero-order valence-electron chi connectivity index (χ0n) is 8.11. The molecule has 0 aliphatic heterocycles. The molecule has 1 heterocycles. The zero-order chi connectivity index (χ0) is 11.5. The van der Waals surface area contributed by atoms with Crippen molar-refractivity contribution in [2.45, 2.75) is 0 Å². The van der Waals surface area contributed by atoms with Gasteiger partial charge in [0.05, 0.1) is 18.1 Å². The number of nitrogen functional groups attached to an aromatic ring is 1. The van der Waals surface area contributed by atoms with Gasteiger partial charge >= 0.3 is 0 Å². The third-order valence-electron chi connectivity index (χ3n) is 1.84. The summed E-state index contributed by atoms with van der Waals surface area (Å²) < 4.78 is 1.93. The van der Waals surface area contributed by atoms with Crippen molar-refractivity contribution in [1.82, 2.24) is 9.97 Å². The molecule has 1 aromatic heterocycles. The highest BCUT2D eigenvalue weighted by atomic mass is 79.9. The molecule has 82 valence electrons. The van der Waals surface area contributed by atoms with E-state index in [4.69, 9.17) is 5.73 Å². The van der Waals surface area contributed by atoms with Gasteiger partial charge in [-0.2, -0.15) is 0 Å². The van der Waals surface area contributed by atoms with Crippen LogP contribution in [0.5, 0.6) is 0 Å². The molecule has 0 unspecified atom stereocenters. The number of rotatable bonds is 2. The molecule has 0 fully saturated rings. The summed E-state index contributed by atoms with van der Waals surface area (Å²) in [6.45, 7) is 0. The molecule has 6 heteroatoms. The Labute approximate surface area is 110 Å². The molecule has 4 nitrogen and oxygen atoms in total. The van der Waals surface area contributed by atoms with Crippen LogP contribution in [0, 0.1) is 0 Å². The van der Waals surface area contributed by atoms with Crippen LogP contribution in [0.3, 0.4) is 0 Å². The molecule has 3 N–H and O–H groups in total. The van der Waals surface area contributed by atoms with Gasteiger partial charge in [-0.25, -0.2) is 4.98 Å². The summed E-state index contributed by atoms with van der Waals surface area (Å²) in [6, 6.07) is 5.82. The van der Waals surface area contributed by atoms with Crippen LogP contribution in [-0.2, 0) is 0 Å². The first kappa shape index (κ1) is 11.3. The highest BCUT2D eigenvalue weighted by molar-refractivity contribution is 9.11. The number of hydrogen-bond donors (Lipinski definition) is 2. The second-order valence-corrected chi connectivity index (χ2v) is 4.85. The molecule has 16 heavy (non-hydrogen) atoms. The number of anilines is 3. The van der Waals surface area contributed by atoms with E-state index in [1.165, 1.54) is 6.20 Å². The van der Waals surface area contributed by atoms with E-state index in [2.05, 4.69) is 47.1 Å². The van der Waals surface area contributed by atoms with Gasteiger partial charge in [-0.05, 0) is 34.1 Å². The zero-order valence-corrected chi connectivity index (χ0v) is 11.3. The maximum atomic E-state index is 5.55. The van der Waals surface area contributed by atoms with Gasteiger partial charge in [0.15, 0.2) is 5.82 Å². The van der Waals surface area contributed by atoms with Crippen molar-refractivity contribution < 1.29 is 0 Å². The summed E-state index contributed by atoms with van der Waals surface area (Å²) in [5.74, 6) is 0.995. The predicted molar refractivity (Wildman–Crippen MR) is 71.6 cm³/mol. The minimum atomic E-state index is 0.385. The summed E-state index contributed by atoms with van der Waals surface area (Å²) >= 11 is 6.85. The average molecular weight is 344 g/mol. The molecule has 0 atom stereocenters. The third-order valence-corrected chi connectivity index (χ3v) is 3.03. The lowest BCUT2D eigenvalue weighted by Crippen LogP contribution is -1.98. The van der Waals surface area contributed by atoms with Crippen LogP contribution in [0.15, 0.2) is 39.5 Å². The second kappa shape index (κ2) is 4.80. The van der Waals surface area contributed by atoms with Crippen molar-refractivity contribution in [1.29, 1.82) is 0 Å². The molecule has 0 aliphatic rings. The van der Waals surface area contributed by atoms with Crippen molar-refractivity contribution in [3.8, 4) is 0 Å². The minimum Gasteiger partial charge on any atom is -0.382 e. The number of nitrogens with two attached hydrogens (primary N) is 1.